The standard InChI is InChI=1S/C8H17N3O3/c1-11(2)4-3-7(12)10-5-6(9)8(13)14/h6H,3-5,9H2,1-2H3,(H,10,12)(H,13,14). The quantitative estimate of drug-likeness (QED) is 0.486. The number of nitrogens with zero attached hydrogens (tertiary/aromatic N) is 1. The second kappa shape index (κ2) is 6.33. The van der Waals surface area contributed by atoms with Gasteiger partial charge in [-0.25, -0.2) is 0 Å². The molecule has 0 aliphatic rings. The van der Waals surface area contributed by atoms with Gasteiger partial charge in [0.1, 0.15) is 6.04 Å². The lowest BCUT2D eigenvalue weighted by Gasteiger charge is -2.11. The van der Waals surface area contributed by atoms with E-state index in [2.05, 4.69) is 5.32 Å². The Kier molecular flexibility index (Phi) is 5.82. The van der Waals surface area contributed by atoms with Crippen LogP contribution in [0.4, 0.5) is 0 Å². The topological polar surface area (TPSA) is 95.7 Å². The van der Waals surface area contributed by atoms with Crippen LogP contribution in [0.3, 0.4) is 0 Å². The van der Waals surface area contributed by atoms with E-state index in [9.17, 15) is 9.59 Å². The summed E-state index contributed by atoms with van der Waals surface area (Å²) in [5.74, 6) is -1.30. The minimum absolute atomic E-state index is 0.0262. The van der Waals surface area contributed by atoms with Gasteiger partial charge in [0.25, 0.3) is 0 Å². The molecule has 0 aromatic rings. The molecule has 0 aliphatic heterocycles. The number of hydrogen-bond acceptors (Lipinski definition) is 4. The van der Waals surface area contributed by atoms with Crippen molar-refractivity contribution in [2.45, 2.75) is 12.5 Å². The minimum atomic E-state index is -1.11. The van der Waals surface area contributed by atoms with Crippen LogP contribution in [0.5, 0.6) is 0 Å². The summed E-state index contributed by atoms with van der Waals surface area (Å²) >= 11 is 0. The molecule has 0 bridgehead atoms. The highest BCUT2D eigenvalue weighted by molar-refractivity contribution is 5.78. The average Bonchev–Trinajstić information content (AvgIpc) is 2.10. The van der Waals surface area contributed by atoms with Crippen molar-refractivity contribution < 1.29 is 14.7 Å². The number of aliphatic carboxylic acids is 1. The highest BCUT2D eigenvalue weighted by Gasteiger charge is 2.12. The van der Waals surface area contributed by atoms with E-state index < -0.39 is 12.0 Å². The van der Waals surface area contributed by atoms with Gasteiger partial charge in [-0.05, 0) is 14.1 Å². The highest BCUT2D eigenvalue weighted by atomic mass is 16.4. The molecule has 4 N–H and O–H groups in total. The molecule has 0 fully saturated rings. The van der Waals surface area contributed by atoms with E-state index in [-0.39, 0.29) is 12.5 Å². The van der Waals surface area contributed by atoms with Crippen molar-refractivity contribution in [1.82, 2.24) is 10.2 Å². The molecule has 0 saturated carbocycles. The Morgan fingerprint density at radius 1 is 1.50 bits per heavy atom. The maximum atomic E-state index is 11.1. The third-order valence-electron chi connectivity index (χ3n) is 1.62. The van der Waals surface area contributed by atoms with Crippen molar-refractivity contribution in [3.63, 3.8) is 0 Å². The average molecular weight is 203 g/mol. The summed E-state index contributed by atoms with van der Waals surface area (Å²) in [6, 6.07) is -1.03. The fraction of sp³-hybridized carbons (Fsp3) is 0.750. The van der Waals surface area contributed by atoms with Crippen LogP contribution in [-0.4, -0.2) is 55.1 Å². The van der Waals surface area contributed by atoms with Gasteiger partial charge in [-0.3, -0.25) is 9.59 Å². The van der Waals surface area contributed by atoms with Crippen molar-refractivity contribution in [2.75, 3.05) is 27.2 Å². The molecule has 1 atom stereocenters. The van der Waals surface area contributed by atoms with E-state index in [0.29, 0.717) is 13.0 Å². The molecule has 0 saturated heterocycles. The number of nitrogens with two attached hydrogens (primary N) is 1. The summed E-state index contributed by atoms with van der Waals surface area (Å²) in [4.78, 5) is 23.3. The van der Waals surface area contributed by atoms with Crippen molar-refractivity contribution >= 4 is 11.9 Å². The zero-order valence-electron chi connectivity index (χ0n) is 8.49. The van der Waals surface area contributed by atoms with Crippen molar-refractivity contribution in [3.8, 4) is 0 Å². The van der Waals surface area contributed by atoms with E-state index in [1.165, 1.54) is 0 Å². The lowest BCUT2D eigenvalue weighted by atomic mass is 10.3. The molecule has 0 radical (unpaired) electrons. The van der Waals surface area contributed by atoms with Gasteiger partial charge in [0.2, 0.25) is 5.91 Å². The lowest BCUT2D eigenvalue weighted by Crippen LogP contribution is -2.42. The van der Waals surface area contributed by atoms with Gasteiger partial charge in [-0.15, -0.1) is 0 Å². The summed E-state index contributed by atoms with van der Waals surface area (Å²) < 4.78 is 0. The summed E-state index contributed by atoms with van der Waals surface area (Å²) in [5, 5.41) is 10.9. The largest absolute Gasteiger partial charge is 0.480 e. The van der Waals surface area contributed by atoms with Gasteiger partial charge in [0.15, 0.2) is 0 Å². The van der Waals surface area contributed by atoms with E-state index >= 15 is 0 Å². The van der Waals surface area contributed by atoms with Gasteiger partial charge in [0.05, 0.1) is 0 Å². The number of carbonyl (C=O) groups is 2. The van der Waals surface area contributed by atoms with Gasteiger partial charge < -0.3 is 21.1 Å². The summed E-state index contributed by atoms with van der Waals surface area (Å²) in [7, 11) is 3.71. The van der Waals surface area contributed by atoms with Crippen LogP contribution in [0.25, 0.3) is 0 Å². The summed E-state index contributed by atoms with van der Waals surface area (Å²) in [6.45, 7) is 0.607. The molecule has 14 heavy (non-hydrogen) atoms. The first-order valence-corrected chi connectivity index (χ1v) is 4.33. The zero-order valence-corrected chi connectivity index (χ0v) is 8.49. The molecular weight excluding hydrogens is 186 g/mol. The van der Waals surface area contributed by atoms with Crippen molar-refractivity contribution in [3.05, 3.63) is 0 Å². The van der Waals surface area contributed by atoms with Crippen LogP contribution < -0.4 is 11.1 Å². The number of amides is 1. The monoisotopic (exact) mass is 203 g/mol. The van der Waals surface area contributed by atoms with Crippen LogP contribution in [-0.2, 0) is 9.59 Å². The number of hydrogen-bond donors (Lipinski definition) is 3. The summed E-state index contributed by atoms with van der Waals surface area (Å²) in [5.41, 5.74) is 5.20. The summed E-state index contributed by atoms with van der Waals surface area (Å²) in [6.07, 6.45) is 0.347. The Labute approximate surface area is 83.1 Å². The van der Waals surface area contributed by atoms with Crippen LogP contribution >= 0.6 is 0 Å². The molecular formula is C8H17N3O3. The lowest BCUT2D eigenvalue weighted by molar-refractivity contribution is -0.138. The Bertz CT molecular complexity index is 206. The Morgan fingerprint density at radius 2 is 2.07 bits per heavy atom. The third kappa shape index (κ3) is 6.38. The second-order valence-electron chi connectivity index (χ2n) is 3.30. The molecule has 6 heteroatoms. The first-order chi connectivity index (χ1) is 6.43. The van der Waals surface area contributed by atoms with Crippen LogP contribution in [0.15, 0.2) is 0 Å². The molecule has 1 unspecified atom stereocenters. The normalized spacial score (nSPS) is 12.6. The number of carboxylic acids is 1. The Morgan fingerprint density at radius 3 is 2.50 bits per heavy atom. The van der Waals surface area contributed by atoms with Crippen molar-refractivity contribution in [2.24, 2.45) is 5.73 Å². The number of nitrogens with one attached hydrogen (secondary N) is 1. The molecule has 0 rings (SSSR count). The number of rotatable bonds is 6. The predicted octanol–water partition coefficient (Wildman–Crippen LogP) is -1.53. The van der Waals surface area contributed by atoms with Gasteiger partial charge >= 0.3 is 5.97 Å². The van der Waals surface area contributed by atoms with E-state index in [0.717, 1.165) is 0 Å². The number of carbonyl (C=O) groups excluding carboxylic acids is 1. The first-order valence-electron chi connectivity index (χ1n) is 4.33. The molecule has 0 aromatic heterocycles. The molecule has 0 heterocycles. The minimum Gasteiger partial charge on any atom is -0.480 e. The maximum absolute atomic E-state index is 11.1. The maximum Gasteiger partial charge on any atom is 0.322 e. The molecule has 0 aliphatic carbocycles. The van der Waals surface area contributed by atoms with Gasteiger partial charge in [-0.2, -0.15) is 0 Å². The molecule has 0 spiro atoms. The SMILES string of the molecule is CN(C)CCC(=O)NCC(N)C(=O)O. The second-order valence-corrected chi connectivity index (χ2v) is 3.30. The van der Waals surface area contributed by atoms with E-state index in [4.69, 9.17) is 10.8 Å². The highest BCUT2D eigenvalue weighted by Crippen LogP contribution is 1.84. The van der Waals surface area contributed by atoms with Gasteiger partial charge in [-0.1, -0.05) is 0 Å². The van der Waals surface area contributed by atoms with Crippen LogP contribution in [0, 0.1) is 0 Å². The first kappa shape index (κ1) is 12.9. The molecule has 82 valence electrons. The smallest absolute Gasteiger partial charge is 0.322 e. The zero-order chi connectivity index (χ0) is 11.1. The molecule has 1 amide bonds. The number of carboxylic acid groups (broad SMARTS) is 1. The Balaban J connectivity index is 3.59. The van der Waals surface area contributed by atoms with Gasteiger partial charge in [0, 0.05) is 19.5 Å². The van der Waals surface area contributed by atoms with Crippen LogP contribution in [0.1, 0.15) is 6.42 Å². The Hall–Kier alpha value is -1.14. The molecule has 6 nitrogen and oxygen atoms in total. The van der Waals surface area contributed by atoms with E-state index in [1.807, 2.05) is 19.0 Å². The molecule has 0 aromatic carbocycles. The van der Waals surface area contributed by atoms with Crippen LogP contribution in [0.2, 0.25) is 0 Å². The predicted molar refractivity (Wildman–Crippen MR) is 51.8 cm³/mol. The van der Waals surface area contributed by atoms with E-state index in [1.54, 1.807) is 0 Å². The van der Waals surface area contributed by atoms with Crippen molar-refractivity contribution in [1.29, 1.82) is 0 Å². The third-order valence-corrected chi connectivity index (χ3v) is 1.62. The fourth-order valence-corrected chi connectivity index (χ4v) is 0.725. The fourth-order valence-electron chi connectivity index (χ4n) is 0.725.